The number of halogens is 1. The Labute approximate surface area is 120 Å². The van der Waals surface area contributed by atoms with Crippen LogP contribution in [0.2, 0.25) is 0 Å². The number of ether oxygens (including phenoxy) is 2. The van der Waals surface area contributed by atoms with Gasteiger partial charge >= 0.3 is 0 Å². The highest BCUT2D eigenvalue weighted by molar-refractivity contribution is 9.10. The molecule has 0 saturated carbocycles. The second kappa shape index (κ2) is 5.84. The molecule has 5 heteroatoms. The molecule has 100 valence electrons. The Morgan fingerprint density at radius 1 is 1.00 bits per heavy atom. The molecule has 2 rings (SSSR count). The van der Waals surface area contributed by atoms with Crippen LogP contribution < -0.4 is 20.5 Å². The summed E-state index contributed by atoms with van der Waals surface area (Å²) >= 11 is 3.42. The van der Waals surface area contributed by atoms with Crippen LogP contribution in [0.15, 0.2) is 40.9 Å². The maximum Gasteiger partial charge on any atom is 0.124 e. The fourth-order valence-corrected chi connectivity index (χ4v) is 2.03. The summed E-state index contributed by atoms with van der Waals surface area (Å²) in [5, 5.41) is 3.25. The third-order valence-corrected chi connectivity index (χ3v) is 3.14. The van der Waals surface area contributed by atoms with E-state index in [-0.39, 0.29) is 0 Å². The zero-order valence-corrected chi connectivity index (χ0v) is 12.3. The summed E-state index contributed by atoms with van der Waals surface area (Å²) in [6.45, 7) is 0. The predicted octanol–water partition coefficient (Wildman–Crippen LogP) is 3.79. The van der Waals surface area contributed by atoms with Crippen LogP contribution in [-0.2, 0) is 0 Å². The average Bonchev–Trinajstić information content (AvgIpc) is 2.42. The normalized spacial score (nSPS) is 10.1. The van der Waals surface area contributed by atoms with Gasteiger partial charge in [0.1, 0.15) is 11.5 Å². The molecule has 2 aromatic carbocycles. The molecule has 0 atom stereocenters. The van der Waals surface area contributed by atoms with Crippen LogP contribution in [0, 0.1) is 0 Å². The lowest BCUT2D eigenvalue weighted by Gasteiger charge is -2.12. The number of nitrogens with one attached hydrogen (secondary N) is 1. The first kappa shape index (κ1) is 13.5. The van der Waals surface area contributed by atoms with E-state index < -0.39 is 0 Å². The Kier molecular flexibility index (Phi) is 4.16. The second-order valence-corrected chi connectivity index (χ2v) is 4.87. The first-order valence-electron chi connectivity index (χ1n) is 5.67. The molecular formula is C14H15BrN2O2. The Bertz CT molecular complexity index is 565. The van der Waals surface area contributed by atoms with E-state index in [1.54, 1.807) is 14.2 Å². The summed E-state index contributed by atoms with van der Waals surface area (Å²) in [4.78, 5) is 0. The minimum absolute atomic E-state index is 0.671. The van der Waals surface area contributed by atoms with Gasteiger partial charge in [-0.1, -0.05) is 15.9 Å². The van der Waals surface area contributed by atoms with Gasteiger partial charge in [-0.25, -0.2) is 0 Å². The molecule has 0 bridgehead atoms. The maximum atomic E-state index is 5.93. The van der Waals surface area contributed by atoms with Gasteiger partial charge in [0.15, 0.2) is 0 Å². The fourth-order valence-electron chi connectivity index (χ4n) is 1.67. The Morgan fingerprint density at radius 2 is 1.63 bits per heavy atom. The Morgan fingerprint density at radius 3 is 2.21 bits per heavy atom. The number of rotatable bonds is 4. The molecule has 0 aliphatic heterocycles. The van der Waals surface area contributed by atoms with Crippen LogP contribution in [0.1, 0.15) is 0 Å². The van der Waals surface area contributed by atoms with Crippen molar-refractivity contribution < 1.29 is 9.47 Å². The molecule has 0 amide bonds. The summed E-state index contributed by atoms with van der Waals surface area (Å²) < 4.78 is 11.4. The van der Waals surface area contributed by atoms with Crippen molar-refractivity contribution in [2.24, 2.45) is 0 Å². The van der Waals surface area contributed by atoms with Crippen LogP contribution >= 0.6 is 15.9 Å². The topological polar surface area (TPSA) is 56.5 Å². The third kappa shape index (κ3) is 3.32. The molecule has 0 saturated heterocycles. The van der Waals surface area contributed by atoms with E-state index >= 15 is 0 Å². The van der Waals surface area contributed by atoms with Crippen LogP contribution in [-0.4, -0.2) is 14.2 Å². The molecule has 0 radical (unpaired) electrons. The number of anilines is 3. The average molecular weight is 323 g/mol. The molecule has 0 unspecified atom stereocenters. The molecule has 2 aromatic rings. The summed E-state index contributed by atoms with van der Waals surface area (Å²) in [6, 6.07) is 11.2. The Hall–Kier alpha value is -1.88. The van der Waals surface area contributed by atoms with Gasteiger partial charge in [0.05, 0.1) is 25.6 Å². The summed E-state index contributed by atoms with van der Waals surface area (Å²) in [6.07, 6.45) is 0. The summed E-state index contributed by atoms with van der Waals surface area (Å²) in [5.74, 6) is 1.44. The highest BCUT2D eigenvalue weighted by atomic mass is 79.9. The van der Waals surface area contributed by atoms with Crippen molar-refractivity contribution in [3.8, 4) is 11.5 Å². The molecule has 19 heavy (non-hydrogen) atoms. The van der Waals surface area contributed by atoms with Gasteiger partial charge in [-0.3, -0.25) is 0 Å². The monoisotopic (exact) mass is 322 g/mol. The summed E-state index contributed by atoms with van der Waals surface area (Å²) in [7, 11) is 3.23. The van der Waals surface area contributed by atoms with Crippen LogP contribution in [0.5, 0.6) is 11.5 Å². The summed E-state index contributed by atoms with van der Waals surface area (Å²) in [5.41, 5.74) is 8.28. The van der Waals surface area contributed by atoms with Crippen molar-refractivity contribution in [1.82, 2.24) is 0 Å². The Balaban J connectivity index is 2.34. The lowest BCUT2D eigenvalue weighted by Crippen LogP contribution is -1.97. The minimum Gasteiger partial charge on any atom is -0.497 e. The van der Waals surface area contributed by atoms with Crippen LogP contribution in [0.25, 0.3) is 0 Å². The van der Waals surface area contributed by atoms with Crippen LogP contribution in [0.3, 0.4) is 0 Å². The molecular weight excluding hydrogens is 308 g/mol. The van der Waals surface area contributed by atoms with E-state index in [4.69, 9.17) is 15.2 Å². The number of methoxy groups -OCH3 is 2. The van der Waals surface area contributed by atoms with E-state index in [1.165, 1.54) is 0 Å². The zero-order chi connectivity index (χ0) is 13.8. The van der Waals surface area contributed by atoms with Crippen molar-refractivity contribution in [3.63, 3.8) is 0 Å². The number of hydrogen-bond acceptors (Lipinski definition) is 4. The fraction of sp³-hybridized carbons (Fsp3) is 0.143. The lowest BCUT2D eigenvalue weighted by molar-refractivity contribution is 0.395. The van der Waals surface area contributed by atoms with E-state index in [0.29, 0.717) is 5.69 Å². The van der Waals surface area contributed by atoms with Crippen LogP contribution in [0.4, 0.5) is 17.1 Å². The van der Waals surface area contributed by atoms with Crippen molar-refractivity contribution in [2.75, 3.05) is 25.3 Å². The van der Waals surface area contributed by atoms with Gasteiger partial charge in [-0.2, -0.15) is 0 Å². The van der Waals surface area contributed by atoms with Crippen molar-refractivity contribution >= 4 is 33.0 Å². The lowest BCUT2D eigenvalue weighted by atomic mass is 10.2. The van der Waals surface area contributed by atoms with E-state index in [0.717, 1.165) is 27.3 Å². The second-order valence-electron chi connectivity index (χ2n) is 3.96. The molecule has 0 fully saturated rings. The van der Waals surface area contributed by atoms with Gasteiger partial charge in [-0.15, -0.1) is 0 Å². The third-order valence-electron chi connectivity index (χ3n) is 2.65. The number of nitrogens with two attached hydrogens (primary N) is 1. The molecule has 0 aliphatic carbocycles. The largest absolute Gasteiger partial charge is 0.497 e. The maximum absolute atomic E-state index is 5.93. The van der Waals surface area contributed by atoms with Crippen molar-refractivity contribution in [2.45, 2.75) is 0 Å². The number of hydrogen-bond donors (Lipinski definition) is 2. The molecule has 3 N–H and O–H groups in total. The van der Waals surface area contributed by atoms with Gasteiger partial charge in [0.25, 0.3) is 0 Å². The van der Waals surface area contributed by atoms with Crippen molar-refractivity contribution in [3.05, 3.63) is 40.9 Å². The molecule has 0 aromatic heterocycles. The first-order chi connectivity index (χ1) is 9.12. The molecule has 0 spiro atoms. The van der Waals surface area contributed by atoms with Gasteiger partial charge in [-0.05, 0) is 18.2 Å². The zero-order valence-electron chi connectivity index (χ0n) is 10.7. The predicted molar refractivity (Wildman–Crippen MR) is 81.4 cm³/mol. The highest BCUT2D eigenvalue weighted by Gasteiger charge is 2.05. The molecule has 4 nitrogen and oxygen atoms in total. The molecule has 0 heterocycles. The van der Waals surface area contributed by atoms with Gasteiger partial charge < -0.3 is 20.5 Å². The minimum atomic E-state index is 0.671. The molecule has 0 aliphatic rings. The standard InChI is InChI=1S/C14H15BrN2O2/c1-18-11-6-10(7-12(8-11)19-2)17-14-5-9(15)3-4-13(14)16/h3-8,17H,16H2,1-2H3. The van der Waals surface area contributed by atoms with Crippen molar-refractivity contribution in [1.29, 1.82) is 0 Å². The van der Waals surface area contributed by atoms with Gasteiger partial charge in [0.2, 0.25) is 0 Å². The van der Waals surface area contributed by atoms with Gasteiger partial charge in [0, 0.05) is 28.4 Å². The highest BCUT2D eigenvalue weighted by Crippen LogP contribution is 2.31. The number of benzene rings is 2. The smallest absolute Gasteiger partial charge is 0.124 e. The van der Waals surface area contributed by atoms with E-state index in [2.05, 4.69) is 21.2 Å². The van der Waals surface area contributed by atoms with E-state index in [1.807, 2.05) is 36.4 Å². The quantitative estimate of drug-likeness (QED) is 0.841. The van der Waals surface area contributed by atoms with E-state index in [9.17, 15) is 0 Å². The number of nitrogen functional groups attached to an aromatic ring is 1. The SMILES string of the molecule is COc1cc(Nc2cc(Br)ccc2N)cc(OC)c1. The first-order valence-corrected chi connectivity index (χ1v) is 6.47.